The van der Waals surface area contributed by atoms with Gasteiger partial charge in [0.1, 0.15) is 0 Å². The lowest BCUT2D eigenvalue weighted by Crippen LogP contribution is -1.97. The summed E-state index contributed by atoms with van der Waals surface area (Å²) in [5, 5.41) is 16.6. The largest absolute Gasteiger partial charge is 0.307 e. The molecule has 1 heterocycles. The SMILES string of the molecule is CC.O=[N+]([O-])c1ccccc1-c1cccc2c1c1ccccc1n2-c1c(Cl)ccc2ccccc12. The second kappa shape index (κ2) is 9.24. The van der Waals surface area contributed by atoms with E-state index in [9.17, 15) is 10.1 Å². The number of nitrogens with zero attached hydrogens (tertiary/aromatic N) is 2. The van der Waals surface area contributed by atoms with Gasteiger partial charge in [0, 0.05) is 22.2 Å². The number of hydrogen-bond donors (Lipinski definition) is 0. The zero-order valence-electron chi connectivity index (χ0n) is 19.4. The Labute approximate surface area is 208 Å². The van der Waals surface area contributed by atoms with Crippen molar-refractivity contribution in [2.75, 3.05) is 0 Å². The van der Waals surface area contributed by atoms with Gasteiger partial charge in [-0.1, -0.05) is 98.2 Å². The molecule has 6 rings (SSSR count). The smallest absolute Gasteiger partial charge is 0.277 e. The lowest BCUT2D eigenvalue weighted by molar-refractivity contribution is -0.384. The molecular weight excluding hydrogens is 456 g/mol. The zero-order valence-corrected chi connectivity index (χ0v) is 20.2. The third-order valence-corrected chi connectivity index (χ3v) is 6.47. The predicted octanol–water partition coefficient (Wildman–Crippen LogP) is 9.19. The molecule has 0 aliphatic rings. The summed E-state index contributed by atoms with van der Waals surface area (Å²) in [5.74, 6) is 0. The van der Waals surface area contributed by atoms with Crippen LogP contribution < -0.4 is 0 Å². The van der Waals surface area contributed by atoms with E-state index >= 15 is 0 Å². The van der Waals surface area contributed by atoms with Crippen LogP contribution in [0.15, 0.2) is 103 Å². The highest BCUT2D eigenvalue weighted by Gasteiger charge is 2.22. The highest BCUT2D eigenvalue weighted by Crippen LogP contribution is 2.43. The van der Waals surface area contributed by atoms with Gasteiger partial charge in [-0.25, -0.2) is 0 Å². The lowest BCUT2D eigenvalue weighted by Gasteiger charge is -2.14. The molecule has 0 spiro atoms. The molecule has 0 amide bonds. The second-order valence-corrected chi connectivity index (χ2v) is 8.35. The van der Waals surface area contributed by atoms with Gasteiger partial charge < -0.3 is 4.57 Å². The van der Waals surface area contributed by atoms with Crippen LogP contribution in [0.25, 0.3) is 49.4 Å². The minimum atomic E-state index is -0.324. The molecule has 4 nitrogen and oxygen atoms in total. The normalized spacial score (nSPS) is 10.9. The van der Waals surface area contributed by atoms with Crippen LogP contribution in [-0.2, 0) is 0 Å². The Bertz CT molecular complexity index is 1720. The van der Waals surface area contributed by atoms with Gasteiger partial charge in [0.2, 0.25) is 0 Å². The Hall–Kier alpha value is -4.15. The summed E-state index contributed by atoms with van der Waals surface area (Å²) in [6.07, 6.45) is 0. The van der Waals surface area contributed by atoms with Crippen LogP contribution in [0.5, 0.6) is 0 Å². The standard InChI is InChI=1S/C28H17ClN2O2.C2H6/c29-23-17-16-18-8-1-2-9-19(18)28(23)30-24-13-5-4-11-22(24)27-21(12-7-15-26(27)30)20-10-3-6-14-25(20)31(32)33;1-2/h1-17H;1-2H3. The van der Waals surface area contributed by atoms with Gasteiger partial charge >= 0.3 is 0 Å². The Kier molecular flexibility index (Phi) is 5.98. The number of nitro groups is 1. The first-order chi connectivity index (χ1) is 17.1. The van der Waals surface area contributed by atoms with E-state index in [1.807, 2.05) is 80.6 Å². The van der Waals surface area contributed by atoms with Crippen molar-refractivity contribution in [1.29, 1.82) is 0 Å². The van der Waals surface area contributed by atoms with Crippen molar-refractivity contribution >= 4 is 49.9 Å². The predicted molar refractivity (Wildman–Crippen MR) is 147 cm³/mol. The van der Waals surface area contributed by atoms with Gasteiger partial charge in [-0.2, -0.15) is 0 Å². The molecule has 0 fully saturated rings. The van der Waals surface area contributed by atoms with Gasteiger partial charge in [0.25, 0.3) is 5.69 Å². The van der Waals surface area contributed by atoms with Crippen molar-refractivity contribution < 1.29 is 4.92 Å². The average Bonchev–Trinajstić information content (AvgIpc) is 3.24. The van der Waals surface area contributed by atoms with Crippen molar-refractivity contribution in [3.8, 4) is 16.8 Å². The Balaban J connectivity index is 0.00000124. The van der Waals surface area contributed by atoms with E-state index in [4.69, 9.17) is 11.6 Å². The number of benzene rings is 5. The minimum absolute atomic E-state index is 0.0880. The van der Waals surface area contributed by atoms with Crippen molar-refractivity contribution in [2.45, 2.75) is 13.8 Å². The third-order valence-electron chi connectivity index (χ3n) is 6.16. The van der Waals surface area contributed by atoms with E-state index in [1.165, 1.54) is 0 Å². The summed E-state index contributed by atoms with van der Waals surface area (Å²) in [5.41, 5.74) is 4.36. The Morgan fingerprint density at radius 2 is 1.31 bits per heavy atom. The molecule has 1 aromatic heterocycles. The van der Waals surface area contributed by atoms with Crippen LogP contribution in [0.4, 0.5) is 5.69 Å². The zero-order chi connectivity index (χ0) is 24.5. The van der Waals surface area contributed by atoms with Crippen molar-refractivity contribution in [1.82, 2.24) is 4.57 Å². The first-order valence-electron chi connectivity index (χ1n) is 11.6. The highest BCUT2D eigenvalue weighted by atomic mass is 35.5. The number of para-hydroxylation sites is 2. The molecule has 0 saturated heterocycles. The van der Waals surface area contributed by atoms with E-state index in [2.05, 4.69) is 28.8 Å². The quantitative estimate of drug-likeness (QED) is 0.188. The molecule has 172 valence electrons. The number of fused-ring (bicyclic) bond motifs is 4. The number of rotatable bonds is 3. The molecule has 6 aromatic rings. The molecule has 0 aliphatic heterocycles. The van der Waals surface area contributed by atoms with E-state index in [0.717, 1.165) is 43.8 Å². The monoisotopic (exact) mass is 478 g/mol. The fraction of sp³-hybridized carbons (Fsp3) is 0.0667. The van der Waals surface area contributed by atoms with E-state index in [-0.39, 0.29) is 10.6 Å². The topological polar surface area (TPSA) is 48.1 Å². The van der Waals surface area contributed by atoms with Crippen molar-refractivity contribution in [2.24, 2.45) is 0 Å². The molecular formula is C30H23ClN2O2. The van der Waals surface area contributed by atoms with Crippen LogP contribution >= 0.6 is 11.6 Å². The molecule has 0 bridgehead atoms. The van der Waals surface area contributed by atoms with Crippen molar-refractivity contribution in [3.05, 3.63) is 118 Å². The lowest BCUT2D eigenvalue weighted by atomic mass is 9.98. The van der Waals surface area contributed by atoms with Crippen LogP contribution in [0, 0.1) is 10.1 Å². The van der Waals surface area contributed by atoms with E-state index < -0.39 is 0 Å². The van der Waals surface area contributed by atoms with E-state index in [0.29, 0.717) is 10.6 Å². The second-order valence-electron chi connectivity index (χ2n) is 7.94. The molecule has 0 aliphatic carbocycles. The molecule has 5 heteroatoms. The van der Waals surface area contributed by atoms with Gasteiger partial charge in [-0.3, -0.25) is 10.1 Å². The summed E-state index contributed by atoms with van der Waals surface area (Å²) in [7, 11) is 0. The third kappa shape index (κ3) is 3.63. The maximum atomic E-state index is 11.8. The Morgan fingerprint density at radius 1 is 0.686 bits per heavy atom. The highest BCUT2D eigenvalue weighted by molar-refractivity contribution is 6.34. The number of aromatic nitrogens is 1. The fourth-order valence-electron chi connectivity index (χ4n) is 4.80. The first kappa shape index (κ1) is 22.6. The van der Waals surface area contributed by atoms with Crippen LogP contribution in [0.2, 0.25) is 5.02 Å². The summed E-state index contributed by atoms with van der Waals surface area (Å²) in [4.78, 5) is 11.5. The Morgan fingerprint density at radius 3 is 2.11 bits per heavy atom. The molecule has 0 unspecified atom stereocenters. The summed E-state index contributed by atoms with van der Waals surface area (Å²) in [6, 6.07) is 33.1. The summed E-state index contributed by atoms with van der Waals surface area (Å²) < 4.78 is 2.17. The van der Waals surface area contributed by atoms with Crippen LogP contribution in [0.1, 0.15) is 13.8 Å². The minimum Gasteiger partial charge on any atom is -0.307 e. The first-order valence-corrected chi connectivity index (χ1v) is 12.0. The van der Waals surface area contributed by atoms with Gasteiger partial charge in [0.05, 0.1) is 32.2 Å². The van der Waals surface area contributed by atoms with Gasteiger partial charge in [-0.15, -0.1) is 0 Å². The van der Waals surface area contributed by atoms with Crippen LogP contribution in [0.3, 0.4) is 0 Å². The fourth-order valence-corrected chi connectivity index (χ4v) is 5.05. The summed E-state index contributed by atoms with van der Waals surface area (Å²) in [6.45, 7) is 4.00. The van der Waals surface area contributed by atoms with Crippen LogP contribution in [-0.4, -0.2) is 9.49 Å². The molecule has 0 atom stereocenters. The maximum absolute atomic E-state index is 11.8. The number of halogens is 1. The molecule has 0 radical (unpaired) electrons. The maximum Gasteiger partial charge on any atom is 0.277 e. The van der Waals surface area contributed by atoms with Gasteiger partial charge in [-0.05, 0) is 35.2 Å². The molecule has 0 N–H and O–H groups in total. The number of nitro benzene ring substituents is 1. The molecule has 35 heavy (non-hydrogen) atoms. The molecule has 5 aromatic carbocycles. The molecule has 0 saturated carbocycles. The van der Waals surface area contributed by atoms with Gasteiger partial charge in [0.15, 0.2) is 0 Å². The average molecular weight is 479 g/mol. The van der Waals surface area contributed by atoms with Crippen molar-refractivity contribution in [3.63, 3.8) is 0 Å². The van der Waals surface area contributed by atoms with E-state index in [1.54, 1.807) is 12.1 Å². The summed E-state index contributed by atoms with van der Waals surface area (Å²) >= 11 is 6.81. The number of hydrogen-bond acceptors (Lipinski definition) is 2.